The molecule has 64 heavy (non-hydrogen) atoms. The zero-order valence-electron chi connectivity index (χ0n) is 38.0. The number of ether oxygens (including phenoxy) is 4. The number of esters is 1. The molecular formula is C48H61FN4O10S. The van der Waals surface area contributed by atoms with Crippen LogP contribution in [0.15, 0.2) is 48.6 Å². The normalized spacial score (nSPS) is 27.2. The van der Waals surface area contributed by atoms with Gasteiger partial charge < -0.3 is 23.8 Å². The van der Waals surface area contributed by atoms with Crippen molar-refractivity contribution in [3.05, 3.63) is 54.4 Å². The minimum Gasteiger partial charge on any atom is -0.494 e. The summed E-state index contributed by atoms with van der Waals surface area (Å²) in [6, 6.07) is 8.72. The summed E-state index contributed by atoms with van der Waals surface area (Å²) >= 11 is 0. The third kappa shape index (κ3) is 10.7. The summed E-state index contributed by atoms with van der Waals surface area (Å²) in [7, 11) is -2.57. The quantitative estimate of drug-likeness (QED) is 0.148. The van der Waals surface area contributed by atoms with Gasteiger partial charge in [0.15, 0.2) is 23.2 Å². The molecule has 3 fully saturated rings. The minimum absolute atomic E-state index is 0.0118. The number of nitrogens with one attached hydrogen (secondary N) is 1. The molecule has 3 heterocycles. The zero-order valence-corrected chi connectivity index (χ0v) is 38.8. The number of hydrogen-bond donors (Lipinski definition) is 1. The molecule has 7 rings (SSSR count). The molecule has 4 aliphatic rings. The van der Waals surface area contributed by atoms with E-state index < -0.39 is 73.7 Å². The highest BCUT2D eigenvalue weighted by atomic mass is 32.2. The maximum atomic E-state index is 15.4. The van der Waals surface area contributed by atoms with Gasteiger partial charge in [-0.1, -0.05) is 26.0 Å². The minimum atomic E-state index is -3.92. The topological polar surface area (TPSA) is 180 Å². The molecule has 2 aliphatic carbocycles. The van der Waals surface area contributed by atoms with E-state index in [-0.39, 0.29) is 78.9 Å². The average molecular weight is 905 g/mol. The first-order valence-corrected chi connectivity index (χ1v) is 24.0. The Bertz CT molecular complexity index is 2410. The number of hydrogen-bond acceptors (Lipinski definition) is 12. The highest BCUT2D eigenvalue weighted by Gasteiger charge is 2.61. The Labute approximate surface area is 375 Å². The van der Waals surface area contributed by atoms with Gasteiger partial charge >= 0.3 is 5.97 Å². The summed E-state index contributed by atoms with van der Waals surface area (Å²) in [5, 5.41) is -0.412. The van der Waals surface area contributed by atoms with E-state index >= 15 is 9.18 Å². The van der Waals surface area contributed by atoms with Crippen LogP contribution in [0.3, 0.4) is 0 Å². The average Bonchev–Trinajstić information content (AvgIpc) is 4.14. The molecule has 2 amide bonds. The van der Waals surface area contributed by atoms with Crippen molar-refractivity contribution in [3.8, 4) is 28.8 Å². The van der Waals surface area contributed by atoms with Gasteiger partial charge in [0.2, 0.25) is 27.7 Å². The Morgan fingerprint density at radius 3 is 2.41 bits per heavy atom. The van der Waals surface area contributed by atoms with Crippen LogP contribution >= 0.6 is 0 Å². The van der Waals surface area contributed by atoms with Crippen LogP contribution in [-0.2, 0) is 33.9 Å². The molecule has 0 unspecified atom stereocenters. The molecule has 3 aromatic rings. The first kappa shape index (κ1) is 46.9. The lowest BCUT2D eigenvalue weighted by atomic mass is 9.82. The number of carbonyl (C=O) groups is 4. The molecule has 14 nitrogen and oxygen atoms in total. The van der Waals surface area contributed by atoms with Crippen LogP contribution in [-0.4, -0.2) is 89.6 Å². The lowest BCUT2D eigenvalue weighted by Crippen LogP contribution is -2.47. The van der Waals surface area contributed by atoms with E-state index in [2.05, 4.69) is 11.6 Å². The molecule has 1 aromatic heterocycles. The van der Waals surface area contributed by atoms with E-state index in [1.165, 1.54) is 24.1 Å². The van der Waals surface area contributed by atoms with E-state index in [1.807, 2.05) is 32.9 Å². The van der Waals surface area contributed by atoms with E-state index in [9.17, 15) is 22.8 Å². The molecule has 0 radical (unpaired) electrons. The van der Waals surface area contributed by atoms with Crippen LogP contribution in [0, 0.1) is 34.9 Å². The largest absolute Gasteiger partial charge is 0.494 e. The van der Waals surface area contributed by atoms with Gasteiger partial charge in [0.05, 0.1) is 59.7 Å². The number of halogens is 1. The number of ketones is 1. The molecule has 2 saturated carbocycles. The Kier molecular flexibility index (Phi) is 13.5. The third-order valence-corrected chi connectivity index (χ3v) is 14.5. The van der Waals surface area contributed by atoms with Crippen LogP contribution in [0.25, 0.3) is 22.3 Å². The van der Waals surface area contributed by atoms with Crippen molar-refractivity contribution in [2.45, 2.75) is 135 Å². The maximum Gasteiger partial charge on any atom is 0.307 e. The molecule has 2 aliphatic heterocycles. The Balaban J connectivity index is 1.27. The van der Waals surface area contributed by atoms with E-state index in [4.69, 9.17) is 28.9 Å². The first-order chi connectivity index (χ1) is 30.2. The predicted molar refractivity (Wildman–Crippen MR) is 237 cm³/mol. The van der Waals surface area contributed by atoms with Crippen molar-refractivity contribution in [2.75, 3.05) is 13.7 Å². The Hall–Kier alpha value is -5.12. The number of benzene rings is 2. The molecule has 346 valence electrons. The molecule has 1 saturated heterocycles. The zero-order chi connectivity index (χ0) is 46.3. The van der Waals surface area contributed by atoms with Crippen LogP contribution in [0.5, 0.6) is 17.4 Å². The third-order valence-electron chi connectivity index (χ3n) is 12.7. The predicted octanol–water partition coefficient (Wildman–Crippen LogP) is 7.51. The lowest BCUT2D eigenvalue weighted by Gasteiger charge is -2.32. The second kappa shape index (κ2) is 18.4. The van der Waals surface area contributed by atoms with Gasteiger partial charge in [0.1, 0.15) is 17.5 Å². The van der Waals surface area contributed by atoms with Gasteiger partial charge in [-0.15, -0.1) is 0 Å². The number of Topliss-reactive ketones (excluding diaryl/α,β-unsaturated/α-hetero) is 1. The van der Waals surface area contributed by atoms with Gasteiger partial charge in [0.25, 0.3) is 0 Å². The number of sulfonamides is 1. The maximum absolute atomic E-state index is 15.4. The molecule has 7 atom stereocenters. The van der Waals surface area contributed by atoms with E-state index in [0.29, 0.717) is 42.5 Å². The summed E-state index contributed by atoms with van der Waals surface area (Å²) in [6.07, 6.45) is 5.70. The molecule has 0 spiro atoms. The fraction of sp³-hybridized carbons (Fsp3) is 0.583. The van der Waals surface area contributed by atoms with Gasteiger partial charge in [-0.05, 0) is 121 Å². The van der Waals surface area contributed by atoms with E-state index in [0.717, 1.165) is 6.42 Å². The number of carbonyl (C=O) groups excluding carboxylic acids is 4. The summed E-state index contributed by atoms with van der Waals surface area (Å²) in [4.78, 5) is 68.4. The molecule has 1 N–H and O–H groups in total. The monoisotopic (exact) mass is 904 g/mol. The number of amides is 2. The second-order valence-corrected chi connectivity index (χ2v) is 21.5. The van der Waals surface area contributed by atoms with Crippen LogP contribution < -0.4 is 18.9 Å². The summed E-state index contributed by atoms with van der Waals surface area (Å²) < 4.78 is 67.2. The SMILES string of the molecule is COc1cc2nc(-c3ccc(OC(C)C)cc3)nc(O[C@@H]3C[C@H]4C(=O)C[C@]5(C(=O)NS(=O)(=O)C6CC6)C[C@H]5/C=C\CC[C@@H](C)C[C@@H](C)[C@H](CC(=O)OC(C)(C)C)C(=O)N4C3)c2cc1F. The highest BCUT2D eigenvalue weighted by molar-refractivity contribution is 7.90. The summed E-state index contributed by atoms with van der Waals surface area (Å²) in [6.45, 7) is 13.0. The van der Waals surface area contributed by atoms with Crippen molar-refractivity contribution in [3.63, 3.8) is 0 Å². The summed E-state index contributed by atoms with van der Waals surface area (Å²) in [5.41, 5.74) is -1.20. The number of allylic oxidation sites excluding steroid dienone is 2. The lowest BCUT2D eigenvalue weighted by molar-refractivity contribution is -0.160. The second-order valence-electron chi connectivity index (χ2n) is 19.5. The Morgan fingerprint density at radius 1 is 1.03 bits per heavy atom. The van der Waals surface area contributed by atoms with Gasteiger partial charge in [-0.25, -0.2) is 17.8 Å². The van der Waals surface area contributed by atoms with Crippen LogP contribution in [0.2, 0.25) is 0 Å². The number of nitrogens with zero attached hydrogens (tertiary/aromatic N) is 3. The van der Waals surface area contributed by atoms with Crippen LogP contribution in [0.1, 0.15) is 106 Å². The van der Waals surface area contributed by atoms with Crippen molar-refractivity contribution in [2.24, 2.45) is 29.1 Å². The number of aromatic nitrogens is 2. The van der Waals surface area contributed by atoms with Gasteiger partial charge in [-0.3, -0.25) is 23.9 Å². The van der Waals surface area contributed by atoms with Crippen LogP contribution in [0.4, 0.5) is 4.39 Å². The standard InChI is InChI=1S/C48H61FN4O10S/c1-27(2)61-32-15-13-30(14-16-32)43-50-38-23-41(60-8)37(49)21-36(38)44(51-43)62-33-20-39-40(54)25-48(46(57)52-64(58,59)34-17-18-34)24-31(48)12-10-9-11-28(3)19-29(4)35(45(56)53(39)26-33)22-42(55)63-47(5,6)7/h10,12-16,21,23,27-29,31,33-35,39H,9,11,17-20,22,24-26H2,1-8H3,(H,52,57)/b12-10-/t28-,29-,31-,33-,35+,39+,48-/m1/s1. The van der Waals surface area contributed by atoms with Gasteiger partial charge in [-0.2, -0.15) is 4.98 Å². The smallest absolute Gasteiger partial charge is 0.307 e. The highest BCUT2D eigenvalue weighted by Crippen LogP contribution is 2.57. The molecule has 0 bridgehead atoms. The number of fused-ring (bicyclic) bond motifs is 3. The number of methoxy groups -OCH3 is 1. The molecular weight excluding hydrogens is 844 g/mol. The van der Waals surface area contributed by atoms with Crippen molar-refractivity contribution in [1.82, 2.24) is 19.6 Å². The Morgan fingerprint density at radius 2 is 1.75 bits per heavy atom. The molecule has 16 heteroatoms. The van der Waals surface area contributed by atoms with Crippen molar-refractivity contribution in [1.29, 1.82) is 0 Å². The van der Waals surface area contributed by atoms with E-state index in [1.54, 1.807) is 45.0 Å². The first-order valence-electron chi connectivity index (χ1n) is 22.4. The van der Waals surface area contributed by atoms with Gasteiger partial charge in [0, 0.05) is 24.5 Å². The molecule has 2 aromatic carbocycles. The fourth-order valence-corrected chi connectivity index (χ4v) is 10.5. The van der Waals surface area contributed by atoms with Crippen molar-refractivity contribution < 1.29 is 50.9 Å². The fourth-order valence-electron chi connectivity index (χ4n) is 9.14. The van der Waals surface area contributed by atoms with Crippen molar-refractivity contribution >= 4 is 44.5 Å². The summed E-state index contributed by atoms with van der Waals surface area (Å²) in [5.74, 6) is -3.32. The number of rotatable bonds is 11.